The van der Waals surface area contributed by atoms with Crippen molar-refractivity contribution in [2.75, 3.05) is 0 Å². The van der Waals surface area contributed by atoms with Crippen molar-refractivity contribution < 1.29 is 13.9 Å². The third-order valence-corrected chi connectivity index (χ3v) is 1.89. The second-order valence-electron chi connectivity index (χ2n) is 2.44. The van der Waals surface area contributed by atoms with Crippen LogP contribution in [0, 0.1) is 11.6 Å². The van der Waals surface area contributed by atoms with E-state index in [1.807, 2.05) is 0 Å². The second kappa shape index (κ2) is 3.85. The van der Waals surface area contributed by atoms with Crippen molar-refractivity contribution in [1.82, 2.24) is 0 Å². The molecule has 0 aliphatic carbocycles. The van der Waals surface area contributed by atoms with Gasteiger partial charge in [0.2, 0.25) is 0 Å². The Kier molecular flexibility index (Phi) is 3.01. The van der Waals surface area contributed by atoms with Gasteiger partial charge in [-0.3, -0.25) is 0 Å². The molecule has 1 atom stereocenters. The Bertz CT molecular complexity index is 339. The fourth-order valence-corrected chi connectivity index (χ4v) is 1.10. The van der Waals surface area contributed by atoms with Crippen molar-refractivity contribution in [3.63, 3.8) is 0 Å². The van der Waals surface area contributed by atoms with Gasteiger partial charge in [-0.25, -0.2) is 8.78 Å². The fraction of sp³-hybridized carbons (Fsp3) is 0.111. The van der Waals surface area contributed by atoms with Crippen LogP contribution in [0.2, 0.25) is 5.02 Å². The predicted molar refractivity (Wildman–Crippen MR) is 46.5 cm³/mol. The molecule has 0 radical (unpaired) electrons. The van der Waals surface area contributed by atoms with Crippen LogP contribution >= 0.6 is 11.6 Å². The lowest BCUT2D eigenvalue weighted by molar-refractivity contribution is 0.217. The standard InChI is InChI=1S/C9H7ClF2O/c1-2-7(13)8-6(11)4-3-5(10)9(8)12/h2-4,7,13H,1H2/t7-/m0/s1. The summed E-state index contributed by atoms with van der Waals surface area (Å²) in [4.78, 5) is 0. The highest BCUT2D eigenvalue weighted by Crippen LogP contribution is 2.26. The summed E-state index contributed by atoms with van der Waals surface area (Å²) in [6, 6.07) is 2.08. The van der Waals surface area contributed by atoms with E-state index in [0.717, 1.165) is 18.2 Å². The molecule has 0 heterocycles. The third kappa shape index (κ3) is 1.87. The molecule has 0 saturated heterocycles. The van der Waals surface area contributed by atoms with Gasteiger partial charge in [-0.1, -0.05) is 17.7 Å². The normalized spacial score (nSPS) is 12.6. The van der Waals surface area contributed by atoms with E-state index in [1.54, 1.807) is 0 Å². The molecule has 70 valence electrons. The van der Waals surface area contributed by atoms with E-state index in [2.05, 4.69) is 6.58 Å². The van der Waals surface area contributed by atoms with Crippen LogP contribution in [0.3, 0.4) is 0 Å². The minimum absolute atomic E-state index is 0.225. The summed E-state index contributed by atoms with van der Waals surface area (Å²) < 4.78 is 26.1. The third-order valence-electron chi connectivity index (χ3n) is 1.60. The molecule has 1 aromatic rings. The average Bonchev–Trinajstić information content (AvgIpc) is 2.12. The molecule has 0 unspecified atom stereocenters. The summed E-state index contributed by atoms with van der Waals surface area (Å²) in [6.07, 6.45) is -0.351. The zero-order valence-corrected chi connectivity index (χ0v) is 7.35. The molecule has 0 amide bonds. The van der Waals surface area contributed by atoms with Crippen molar-refractivity contribution >= 4 is 11.6 Å². The molecule has 13 heavy (non-hydrogen) atoms. The molecule has 0 saturated carbocycles. The van der Waals surface area contributed by atoms with Gasteiger partial charge in [-0.2, -0.15) is 0 Å². The minimum Gasteiger partial charge on any atom is -0.384 e. The topological polar surface area (TPSA) is 20.2 Å². The summed E-state index contributed by atoms with van der Waals surface area (Å²) >= 11 is 5.40. The summed E-state index contributed by atoms with van der Waals surface area (Å²) in [5.41, 5.74) is -0.470. The van der Waals surface area contributed by atoms with Gasteiger partial charge in [0.05, 0.1) is 10.6 Å². The van der Waals surface area contributed by atoms with Crippen molar-refractivity contribution in [3.8, 4) is 0 Å². The monoisotopic (exact) mass is 204 g/mol. The van der Waals surface area contributed by atoms with E-state index in [-0.39, 0.29) is 5.02 Å². The van der Waals surface area contributed by atoms with Gasteiger partial charge in [-0.05, 0) is 12.1 Å². The number of halogens is 3. The minimum atomic E-state index is -1.38. The zero-order valence-electron chi connectivity index (χ0n) is 6.60. The highest BCUT2D eigenvalue weighted by atomic mass is 35.5. The molecule has 1 aromatic carbocycles. The average molecular weight is 205 g/mol. The molecular weight excluding hydrogens is 198 g/mol. The first kappa shape index (κ1) is 10.2. The maximum atomic E-state index is 13.1. The van der Waals surface area contributed by atoms with Gasteiger partial charge in [-0.15, -0.1) is 6.58 Å². The molecule has 0 aliphatic rings. The molecule has 1 nitrogen and oxygen atoms in total. The van der Waals surface area contributed by atoms with Crippen LogP contribution in [-0.2, 0) is 0 Å². The quantitative estimate of drug-likeness (QED) is 0.580. The predicted octanol–water partition coefficient (Wildman–Crippen LogP) is 2.84. The summed E-state index contributed by atoms with van der Waals surface area (Å²) in [7, 11) is 0. The maximum absolute atomic E-state index is 13.1. The van der Waals surface area contributed by atoms with Crippen molar-refractivity contribution in [2.24, 2.45) is 0 Å². The van der Waals surface area contributed by atoms with Crippen LogP contribution in [0.5, 0.6) is 0 Å². The highest BCUT2D eigenvalue weighted by molar-refractivity contribution is 6.30. The zero-order chi connectivity index (χ0) is 10.0. The van der Waals surface area contributed by atoms with Crippen LogP contribution in [0.1, 0.15) is 11.7 Å². The van der Waals surface area contributed by atoms with Crippen LogP contribution in [0.15, 0.2) is 24.8 Å². The first-order chi connectivity index (χ1) is 6.07. The van der Waals surface area contributed by atoms with Gasteiger partial charge >= 0.3 is 0 Å². The van der Waals surface area contributed by atoms with E-state index in [4.69, 9.17) is 16.7 Å². The molecule has 0 bridgehead atoms. The Morgan fingerprint density at radius 1 is 1.46 bits per heavy atom. The Labute approximate surface area is 79.3 Å². The molecule has 1 rings (SSSR count). The van der Waals surface area contributed by atoms with Crippen molar-refractivity contribution in [1.29, 1.82) is 0 Å². The first-order valence-electron chi connectivity index (χ1n) is 3.52. The highest BCUT2D eigenvalue weighted by Gasteiger charge is 2.17. The summed E-state index contributed by atoms with van der Waals surface area (Å²) in [6.45, 7) is 3.22. The Balaban J connectivity index is 3.32. The number of aliphatic hydroxyl groups is 1. The van der Waals surface area contributed by atoms with Gasteiger partial charge in [0, 0.05) is 0 Å². The Hall–Kier alpha value is -0.930. The molecule has 0 aliphatic heterocycles. The van der Waals surface area contributed by atoms with E-state index in [0.29, 0.717) is 0 Å². The van der Waals surface area contributed by atoms with Gasteiger partial charge < -0.3 is 5.11 Å². The fourth-order valence-electron chi connectivity index (χ4n) is 0.932. The summed E-state index contributed by atoms with van der Waals surface area (Å²) in [5.74, 6) is -1.79. The Morgan fingerprint density at radius 3 is 2.62 bits per heavy atom. The number of aliphatic hydroxyl groups excluding tert-OH is 1. The lowest BCUT2D eigenvalue weighted by Crippen LogP contribution is -2.01. The molecule has 0 fully saturated rings. The smallest absolute Gasteiger partial charge is 0.150 e. The van der Waals surface area contributed by atoms with E-state index >= 15 is 0 Å². The lowest BCUT2D eigenvalue weighted by Gasteiger charge is -2.08. The van der Waals surface area contributed by atoms with Crippen LogP contribution < -0.4 is 0 Å². The van der Waals surface area contributed by atoms with Crippen molar-refractivity contribution in [3.05, 3.63) is 47.0 Å². The molecule has 0 aromatic heterocycles. The Morgan fingerprint density at radius 2 is 2.08 bits per heavy atom. The van der Waals surface area contributed by atoms with E-state index in [9.17, 15) is 8.78 Å². The van der Waals surface area contributed by atoms with Crippen LogP contribution in [-0.4, -0.2) is 5.11 Å². The second-order valence-corrected chi connectivity index (χ2v) is 2.84. The molecule has 4 heteroatoms. The molecule has 1 N–H and O–H groups in total. The number of rotatable bonds is 2. The van der Waals surface area contributed by atoms with E-state index < -0.39 is 23.3 Å². The summed E-state index contributed by atoms with van der Waals surface area (Å²) in [5, 5.41) is 8.93. The van der Waals surface area contributed by atoms with Gasteiger partial charge in [0.15, 0.2) is 5.82 Å². The number of benzene rings is 1. The van der Waals surface area contributed by atoms with Crippen LogP contribution in [0.4, 0.5) is 8.78 Å². The van der Waals surface area contributed by atoms with Gasteiger partial charge in [0.1, 0.15) is 11.9 Å². The largest absolute Gasteiger partial charge is 0.384 e. The number of hydrogen-bond acceptors (Lipinski definition) is 1. The van der Waals surface area contributed by atoms with Crippen LogP contribution in [0.25, 0.3) is 0 Å². The SMILES string of the molecule is C=C[C@H](O)c1c(F)ccc(Cl)c1F. The first-order valence-corrected chi connectivity index (χ1v) is 3.89. The number of hydrogen-bond donors (Lipinski definition) is 1. The van der Waals surface area contributed by atoms with Gasteiger partial charge in [0.25, 0.3) is 0 Å². The van der Waals surface area contributed by atoms with Crippen molar-refractivity contribution in [2.45, 2.75) is 6.10 Å². The maximum Gasteiger partial charge on any atom is 0.150 e. The molecular formula is C9H7ClF2O. The van der Waals surface area contributed by atoms with E-state index in [1.165, 1.54) is 0 Å². The molecule has 0 spiro atoms. The lowest BCUT2D eigenvalue weighted by atomic mass is 10.1.